The van der Waals surface area contributed by atoms with E-state index in [1.807, 2.05) is 0 Å². The minimum atomic E-state index is -4.63. The second kappa shape index (κ2) is 7.09. The van der Waals surface area contributed by atoms with Gasteiger partial charge < -0.3 is 9.64 Å². The maximum absolute atomic E-state index is 13.1. The van der Waals surface area contributed by atoms with E-state index in [1.54, 1.807) is 0 Å². The van der Waals surface area contributed by atoms with E-state index in [2.05, 4.69) is 4.74 Å². The maximum Gasteiger partial charge on any atom is 0.431 e. The number of piperidine rings is 1. The number of rotatable bonds is 4. The molecule has 1 heterocycles. The highest BCUT2D eigenvalue weighted by Crippen LogP contribution is 2.23. The third-order valence-corrected chi connectivity index (χ3v) is 3.71. The third kappa shape index (κ3) is 4.69. The van der Waals surface area contributed by atoms with Crippen molar-refractivity contribution in [1.29, 1.82) is 0 Å². The van der Waals surface area contributed by atoms with Gasteiger partial charge in [0.05, 0.1) is 18.7 Å². The van der Waals surface area contributed by atoms with Gasteiger partial charge in [-0.25, -0.2) is 9.18 Å². The lowest BCUT2D eigenvalue weighted by molar-refractivity contribution is -0.909. The minimum absolute atomic E-state index is 0.220. The van der Waals surface area contributed by atoms with E-state index < -0.39 is 24.1 Å². The molecule has 1 aliphatic heterocycles. The van der Waals surface area contributed by atoms with Crippen LogP contribution in [-0.2, 0) is 4.74 Å². The van der Waals surface area contributed by atoms with Crippen molar-refractivity contribution < 1.29 is 32.0 Å². The van der Waals surface area contributed by atoms with E-state index in [0.717, 1.165) is 36.3 Å². The van der Waals surface area contributed by atoms with E-state index in [0.29, 0.717) is 13.1 Å². The van der Waals surface area contributed by atoms with E-state index in [4.69, 9.17) is 0 Å². The van der Waals surface area contributed by atoms with Crippen molar-refractivity contribution in [2.75, 3.05) is 19.6 Å². The summed E-state index contributed by atoms with van der Waals surface area (Å²) in [6.07, 6.45) is -4.04. The first-order valence-corrected chi connectivity index (χ1v) is 7.23. The smallest absolute Gasteiger partial charge is 0.431 e. The number of likely N-dealkylation sites (tertiary alicyclic amines) is 1. The fourth-order valence-corrected chi connectivity index (χ4v) is 2.55. The van der Waals surface area contributed by atoms with Crippen LogP contribution >= 0.6 is 0 Å². The van der Waals surface area contributed by atoms with Gasteiger partial charge in [-0.2, -0.15) is 13.2 Å². The highest BCUT2D eigenvalue weighted by Gasteiger charge is 2.45. The monoisotopic (exact) mass is 320 g/mol. The average Bonchev–Trinajstić information content (AvgIpc) is 2.46. The molecule has 1 aliphatic rings. The van der Waals surface area contributed by atoms with Crippen LogP contribution in [0.5, 0.6) is 0 Å². The summed E-state index contributed by atoms with van der Waals surface area (Å²) in [7, 11) is 0. The Morgan fingerprint density at radius 3 is 2.50 bits per heavy atom. The van der Waals surface area contributed by atoms with Gasteiger partial charge in [0.15, 0.2) is 0 Å². The largest absolute Gasteiger partial charge is 0.443 e. The fraction of sp³-hybridized carbons (Fsp3) is 0.533. The van der Waals surface area contributed by atoms with Gasteiger partial charge in [-0.3, -0.25) is 0 Å². The molecule has 1 aromatic rings. The molecule has 0 amide bonds. The standard InChI is InChI=1S/C15H17F4NO2/c16-12-6-4-5-11(9-12)14(21)22-13(15(17,18)19)10-20-7-2-1-3-8-20/h4-6,9,13H,1-3,7-8,10H2/p+1/t13-/m1/s1. The Morgan fingerprint density at radius 1 is 1.23 bits per heavy atom. The summed E-state index contributed by atoms with van der Waals surface area (Å²) in [5, 5.41) is 0. The lowest BCUT2D eigenvalue weighted by atomic mass is 10.1. The normalized spacial score (nSPS) is 18.0. The second-order valence-electron chi connectivity index (χ2n) is 5.46. The molecule has 0 radical (unpaired) electrons. The maximum atomic E-state index is 13.1. The predicted molar refractivity (Wildman–Crippen MR) is 71.1 cm³/mol. The summed E-state index contributed by atoms with van der Waals surface area (Å²) in [5.41, 5.74) is -0.220. The molecule has 7 heteroatoms. The van der Waals surface area contributed by atoms with Crippen LogP contribution in [0.15, 0.2) is 24.3 Å². The van der Waals surface area contributed by atoms with Crippen molar-refractivity contribution in [2.24, 2.45) is 0 Å². The Hall–Kier alpha value is -1.63. The van der Waals surface area contributed by atoms with E-state index >= 15 is 0 Å². The molecule has 3 nitrogen and oxygen atoms in total. The second-order valence-corrected chi connectivity index (χ2v) is 5.46. The van der Waals surface area contributed by atoms with Gasteiger partial charge in [-0.05, 0) is 37.5 Å². The first kappa shape index (κ1) is 16.7. The highest BCUT2D eigenvalue weighted by atomic mass is 19.4. The van der Waals surface area contributed by atoms with Crippen molar-refractivity contribution in [3.63, 3.8) is 0 Å². The quantitative estimate of drug-likeness (QED) is 0.679. The Balaban J connectivity index is 2.04. The summed E-state index contributed by atoms with van der Waals surface area (Å²) >= 11 is 0. The lowest BCUT2D eigenvalue weighted by Gasteiger charge is -2.28. The van der Waals surface area contributed by atoms with Gasteiger partial charge in [0.25, 0.3) is 0 Å². The zero-order valence-electron chi connectivity index (χ0n) is 12.0. The molecule has 0 saturated carbocycles. The fourth-order valence-electron chi connectivity index (χ4n) is 2.55. The summed E-state index contributed by atoms with van der Waals surface area (Å²) in [4.78, 5) is 12.6. The van der Waals surface area contributed by atoms with Gasteiger partial charge in [-0.15, -0.1) is 0 Å². The van der Waals surface area contributed by atoms with Crippen LogP contribution in [0.25, 0.3) is 0 Å². The van der Waals surface area contributed by atoms with Crippen molar-refractivity contribution in [2.45, 2.75) is 31.5 Å². The number of ether oxygens (including phenoxy) is 1. The molecule has 1 fully saturated rings. The number of benzene rings is 1. The van der Waals surface area contributed by atoms with Crippen LogP contribution in [0, 0.1) is 5.82 Å². The molecule has 0 aliphatic carbocycles. The van der Waals surface area contributed by atoms with Crippen LogP contribution in [0.3, 0.4) is 0 Å². The van der Waals surface area contributed by atoms with Gasteiger partial charge in [0.1, 0.15) is 12.4 Å². The topological polar surface area (TPSA) is 30.7 Å². The van der Waals surface area contributed by atoms with Crippen molar-refractivity contribution in [3.05, 3.63) is 35.6 Å². The number of halogens is 4. The third-order valence-electron chi connectivity index (χ3n) is 3.71. The first-order chi connectivity index (χ1) is 10.4. The van der Waals surface area contributed by atoms with E-state index in [9.17, 15) is 22.4 Å². The van der Waals surface area contributed by atoms with E-state index in [-0.39, 0.29) is 12.1 Å². The number of nitrogens with one attached hydrogen (secondary N) is 1. The van der Waals surface area contributed by atoms with E-state index in [1.165, 1.54) is 12.1 Å². The number of esters is 1. The zero-order valence-corrected chi connectivity index (χ0v) is 12.0. The number of carbonyl (C=O) groups excluding carboxylic acids is 1. The van der Waals surface area contributed by atoms with Gasteiger partial charge >= 0.3 is 12.1 Å². The van der Waals surface area contributed by atoms with Gasteiger partial charge in [0.2, 0.25) is 6.10 Å². The number of carbonyl (C=O) groups is 1. The summed E-state index contributed by atoms with van der Waals surface area (Å²) in [6.45, 7) is 0.985. The number of hydrogen-bond donors (Lipinski definition) is 1. The molecule has 1 saturated heterocycles. The Bertz CT molecular complexity index is 513. The highest BCUT2D eigenvalue weighted by molar-refractivity contribution is 5.89. The molecule has 0 spiro atoms. The Kier molecular flexibility index (Phi) is 5.39. The first-order valence-electron chi connectivity index (χ1n) is 7.23. The van der Waals surface area contributed by atoms with Crippen molar-refractivity contribution >= 4 is 5.97 Å². The van der Waals surface area contributed by atoms with Crippen LogP contribution < -0.4 is 4.90 Å². The number of hydrogen-bond acceptors (Lipinski definition) is 2. The molecule has 0 aromatic heterocycles. The summed E-state index contributed by atoms with van der Waals surface area (Å²) in [5.74, 6) is -1.85. The van der Waals surface area contributed by atoms with Crippen LogP contribution in [0.1, 0.15) is 29.6 Å². The molecule has 1 N–H and O–H groups in total. The molecular weight excluding hydrogens is 302 g/mol. The van der Waals surface area contributed by atoms with Crippen molar-refractivity contribution in [1.82, 2.24) is 0 Å². The molecule has 122 valence electrons. The number of quaternary nitrogens is 1. The zero-order chi connectivity index (χ0) is 16.2. The molecular formula is C15H18F4NO2+. The Morgan fingerprint density at radius 2 is 1.91 bits per heavy atom. The number of alkyl halides is 3. The molecule has 1 atom stereocenters. The molecule has 0 bridgehead atoms. The molecule has 22 heavy (non-hydrogen) atoms. The predicted octanol–water partition coefficient (Wildman–Crippen LogP) is 1.98. The van der Waals surface area contributed by atoms with Gasteiger partial charge in [-0.1, -0.05) is 6.07 Å². The van der Waals surface area contributed by atoms with Crippen molar-refractivity contribution in [3.8, 4) is 0 Å². The molecule has 0 unspecified atom stereocenters. The lowest BCUT2D eigenvalue weighted by Crippen LogP contribution is -3.14. The molecule has 2 rings (SSSR count). The molecule has 1 aromatic carbocycles. The van der Waals surface area contributed by atoms with Gasteiger partial charge in [0, 0.05) is 0 Å². The summed E-state index contributed by atoms with van der Waals surface area (Å²) < 4.78 is 56.8. The van der Waals surface area contributed by atoms with Crippen LogP contribution in [0.4, 0.5) is 17.6 Å². The Labute approximate surface area is 125 Å². The summed E-state index contributed by atoms with van der Waals surface area (Å²) in [6, 6.07) is 4.45. The van der Waals surface area contributed by atoms with Crippen LogP contribution in [-0.4, -0.2) is 37.9 Å². The average molecular weight is 320 g/mol. The van der Waals surface area contributed by atoms with Crippen LogP contribution in [0.2, 0.25) is 0 Å². The SMILES string of the molecule is O=C(O[C@H](C[NH+]1CCCCC1)C(F)(F)F)c1cccc(F)c1. The minimum Gasteiger partial charge on any atom is -0.443 e.